The number of nitrogens with zero attached hydrogens (tertiary/aromatic N) is 2. The van der Waals surface area contributed by atoms with Crippen molar-refractivity contribution >= 4 is 23.2 Å². The van der Waals surface area contributed by atoms with Gasteiger partial charge in [-0.3, -0.25) is 9.69 Å². The van der Waals surface area contributed by atoms with Crippen LogP contribution in [0.15, 0.2) is 39.6 Å². The topological polar surface area (TPSA) is 83.2 Å². The molecule has 2 fully saturated rings. The molecule has 0 bridgehead atoms. The van der Waals surface area contributed by atoms with Crippen molar-refractivity contribution in [1.29, 1.82) is 0 Å². The number of piperidine rings is 1. The van der Waals surface area contributed by atoms with Crippen LogP contribution in [0.2, 0.25) is 0 Å². The molecule has 0 aromatic carbocycles. The van der Waals surface area contributed by atoms with E-state index in [1.165, 1.54) is 0 Å². The van der Waals surface area contributed by atoms with Gasteiger partial charge < -0.3 is 19.2 Å². The molecule has 2 aromatic heterocycles. The van der Waals surface area contributed by atoms with Crippen LogP contribution in [-0.4, -0.2) is 72.4 Å². The fraction of sp³-hybridized carbons (Fsp3) is 0.524. The molecule has 11 heteroatoms. The average Bonchev–Trinajstić information content (AvgIpc) is 3.49. The summed E-state index contributed by atoms with van der Waals surface area (Å²) in [5, 5.41) is 11.0. The molecule has 3 atom stereocenters. The van der Waals surface area contributed by atoms with Crippen LogP contribution in [0.3, 0.4) is 0 Å². The van der Waals surface area contributed by atoms with Crippen molar-refractivity contribution in [3.63, 3.8) is 0 Å². The molecular formula is C21H25F3N2O5S. The minimum Gasteiger partial charge on any atom is -0.475 e. The maximum Gasteiger partial charge on any atom is 0.490 e. The molecule has 0 aliphatic carbocycles. The van der Waals surface area contributed by atoms with Gasteiger partial charge in [0.25, 0.3) is 5.91 Å². The average molecular weight is 475 g/mol. The second-order valence-electron chi connectivity index (χ2n) is 7.93. The van der Waals surface area contributed by atoms with E-state index in [4.69, 9.17) is 19.1 Å². The molecule has 32 heavy (non-hydrogen) atoms. The van der Waals surface area contributed by atoms with Gasteiger partial charge in [0.2, 0.25) is 0 Å². The van der Waals surface area contributed by atoms with Crippen molar-refractivity contribution in [3.8, 4) is 0 Å². The first-order valence-corrected chi connectivity index (χ1v) is 11.0. The number of thiophene rings is 1. The molecule has 2 aliphatic rings. The van der Waals surface area contributed by atoms with E-state index < -0.39 is 12.1 Å². The molecule has 4 rings (SSSR count). The zero-order chi connectivity index (χ0) is 23.3. The number of carbonyl (C=O) groups is 2. The minimum absolute atomic E-state index is 0.161. The molecule has 0 saturated carbocycles. The zero-order valence-electron chi connectivity index (χ0n) is 17.5. The number of furan rings is 1. The Morgan fingerprint density at radius 2 is 2.09 bits per heavy atom. The largest absolute Gasteiger partial charge is 0.490 e. The molecule has 0 spiro atoms. The number of ether oxygens (including phenoxy) is 1. The Morgan fingerprint density at radius 3 is 2.69 bits per heavy atom. The third-order valence-corrected chi connectivity index (χ3v) is 6.29. The maximum absolute atomic E-state index is 12.7. The van der Waals surface area contributed by atoms with Crippen LogP contribution in [0.5, 0.6) is 0 Å². The number of amides is 1. The number of hydrogen-bond donors (Lipinski definition) is 1. The van der Waals surface area contributed by atoms with Gasteiger partial charge in [-0.2, -0.15) is 24.5 Å². The lowest BCUT2D eigenvalue weighted by Gasteiger charge is -2.36. The van der Waals surface area contributed by atoms with Gasteiger partial charge in [0, 0.05) is 30.9 Å². The van der Waals surface area contributed by atoms with Gasteiger partial charge in [-0.15, -0.1) is 0 Å². The number of rotatable bonds is 5. The standard InChI is InChI=1S/C19H24N2O3S.C2HF3O2/c1-20(9-16-3-2-7-23-16)11-18-17-10-21(6-4-14(17)12-24-18)19(22)15-5-8-25-13-15;3-2(4,5)1(6)7/h2-3,5,7-8,13-14,17-18H,4,6,9-12H2,1H3;(H,6,7)/t14-,17-,18+;/m0./s1. The maximum atomic E-state index is 12.7. The van der Waals surface area contributed by atoms with Crippen molar-refractivity contribution in [2.45, 2.75) is 25.2 Å². The number of carboxylic acid groups (broad SMARTS) is 1. The first-order chi connectivity index (χ1) is 15.1. The normalized spacial score (nSPS) is 22.9. The van der Waals surface area contributed by atoms with Gasteiger partial charge in [0.1, 0.15) is 5.76 Å². The van der Waals surface area contributed by atoms with Crippen molar-refractivity contribution in [1.82, 2.24) is 9.80 Å². The molecule has 7 nitrogen and oxygen atoms in total. The second kappa shape index (κ2) is 10.5. The molecule has 176 valence electrons. The summed E-state index contributed by atoms with van der Waals surface area (Å²) in [7, 11) is 2.09. The molecular weight excluding hydrogens is 449 g/mol. The van der Waals surface area contributed by atoms with Gasteiger partial charge in [-0.1, -0.05) is 0 Å². The number of carbonyl (C=O) groups excluding carboxylic acids is 1. The van der Waals surface area contributed by atoms with Gasteiger partial charge in [0.15, 0.2) is 0 Å². The van der Waals surface area contributed by atoms with Crippen LogP contribution in [0.4, 0.5) is 13.2 Å². The van der Waals surface area contributed by atoms with Crippen molar-refractivity contribution in [3.05, 3.63) is 46.5 Å². The number of carboxylic acids is 1. The fourth-order valence-electron chi connectivity index (χ4n) is 4.01. The summed E-state index contributed by atoms with van der Waals surface area (Å²) in [6.45, 7) is 4.11. The Balaban J connectivity index is 0.000000360. The van der Waals surface area contributed by atoms with Crippen LogP contribution >= 0.6 is 11.3 Å². The predicted molar refractivity (Wildman–Crippen MR) is 110 cm³/mol. The number of hydrogen-bond acceptors (Lipinski definition) is 6. The first-order valence-electron chi connectivity index (χ1n) is 10.1. The number of alkyl halides is 3. The highest BCUT2D eigenvalue weighted by molar-refractivity contribution is 7.08. The van der Waals surface area contributed by atoms with Gasteiger partial charge in [0.05, 0.1) is 31.1 Å². The van der Waals surface area contributed by atoms with E-state index in [-0.39, 0.29) is 12.0 Å². The summed E-state index contributed by atoms with van der Waals surface area (Å²) < 4.78 is 43.3. The lowest BCUT2D eigenvalue weighted by molar-refractivity contribution is -0.192. The summed E-state index contributed by atoms with van der Waals surface area (Å²) in [6.07, 6.45) is -2.15. The number of fused-ring (bicyclic) bond motifs is 1. The number of halogens is 3. The highest BCUT2D eigenvalue weighted by atomic mass is 32.1. The fourth-order valence-corrected chi connectivity index (χ4v) is 4.64. The smallest absolute Gasteiger partial charge is 0.475 e. The van der Waals surface area contributed by atoms with Crippen molar-refractivity contribution in [2.24, 2.45) is 11.8 Å². The summed E-state index contributed by atoms with van der Waals surface area (Å²) >= 11 is 1.57. The molecule has 2 aliphatic heterocycles. The highest BCUT2D eigenvalue weighted by Crippen LogP contribution is 2.35. The predicted octanol–water partition coefficient (Wildman–Crippen LogP) is 3.58. The SMILES string of the molecule is CN(Cc1ccco1)C[C@H]1OC[C@@H]2CCN(C(=O)c3ccsc3)C[C@@H]21.O=C(O)C(F)(F)F. The van der Waals surface area contributed by atoms with E-state index >= 15 is 0 Å². The van der Waals surface area contributed by atoms with Crippen LogP contribution in [0.25, 0.3) is 0 Å². The molecule has 2 aromatic rings. The molecule has 2 saturated heterocycles. The van der Waals surface area contributed by atoms with E-state index in [1.54, 1.807) is 17.6 Å². The molecule has 0 radical (unpaired) electrons. The van der Waals surface area contributed by atoms with Crippen molar-refractivity contribution in [2.75, 3.05) is 33.3 Å². The van der Waals surface area contributed by atoms with Crippen LogP contribution < -0.4 is 0 Å². The Labute approximate surface area is 187 Å². The van der Waals surface area contributed by atoms with E-state index in [1.807, 2.05) is 33.9 Å². The lowest BCUT2D eigenvalue weighted by Crippen LogP contribution is -2.47. The van der Waals surface area contributed by atoms with Gasteiger partial charge >= 0.3 is 12.1 Å². The van der Waals surface area contributed by atoms with Crippen LogP contribution in [-0.2, 0) is 16.1 Å². The van der Waals surface area contributed by atoms with Crippen LogP contribution in [0.1, 0.15) is 22.5 Å². The van der Waals surface area contributed by atoms with Crippen LogP contribution in [0, 0.1) is 11.8 Å². The monoisotopic (exact) mass is 474 g/mol. The van der Waals surface area contributed by atoms with Gasteiger partial charge in [-0.25, -0.2) is 4.79 Å². The number of likely N-dealkylation sites (N-methyl/N-ethyl adjacent to an activating group) is 1. The first kappa shape index (κ1) is 24.3. The Bertz CT molecular complexity index is 873. The summed E-state index contributed by atoms with van der Waals surface area (Å²) in [5.41, 5.74) is 0.814. The summed E-state index contributed by atoms with van der Waals surface area (Å²) in [4.78, 5) is 25.8. The zero-order valence-corrected chi connectivity index (χ0v) is 18.3. The van der Waals surface area contributed by atoms with E-state index in [0.29, 0.717) is 11.8 Å². The quantitative estimate of drug-likeness (QED) is 0.713. The third-order valence-electron chi connectivity index (χ3n) is 5.60. The lowest BCUT2D eigenvalue weighted by atomic mass is 9.84. The van der Waals surface area contributed by atoms with E-state index in [0.717, 1.165) is 50.5 Å². The third kappa shape index (κ3) is 6.33. The molecule has 0 unspecified atom stereocenters. The molecule has 1 N–H and O–H groups in total. The highest BCUT2D eigenvalue weighted by Gasteiger charge is 2.42. The summed E-state index contributed by atoms with van der Waals surface area (Å²) in [6, 6.07) is 5.83. The summed E-state index contributed by atoms with van der Waals surface area (Å²) in [5.74, 6) is -0.624. The number of likely N-dealkylation sites (tertiary alicyclic amines) is 1. The van der Waals surface area contributed by atoms with Gasteiger partial charge in [-0.05, 0) is 43.0 Å². The Hall–Kier alpha value is -2.37. The van der Waals surface area contributed by atoms with Crippen molar-refractivity contribution < 1.29 is 37.0 Å². The Morgan fingerprint density at radius 1 is 1.34 bits per heavy atom. The molecule has 4 heterocycles. The van der Waals surface area contributed by atoms with E-state index in [9.17, 15) is 18.0 Å². The second-order valence-corrected chi connectivity index (χ2v) is 8.71. The number of aliphatic carboxylic acids is 1. The van der Waals surface area contributed by atoms with E-state index in [2.05, 4.69) is 11.9 Å². The Kier molecular flexibility index (Phi) is 7.96. The molecule has 1 amide bonds. The minimum atomic E-state index is -5.08.